The van der Waals surface area contributed by atoms with Crippen molar-refractivity contribution >= 4 is 17.3 Å². The Hall–Kier alpha value is -2.01. The number of thiocarbonyl (C=S) groups is 1. The van der Waals surface area contributed by atoms with E-state index in [1.165, 1.54) is 0 Å². The van der Waals surface area contributed by atoms with Crippen molar-refractivity contribution < 1.29 is 9.52 Å². The molecule has 0 bridgehead atoms. The molecule has 0 fully saturated rings. The molecule has 0 saturated heterocycles. The molecule has 1 heterocycles. The summed E-state index contributed by atoms with van der Waals surface area (Å²) in [6.45, 7) is 3.85. The third kappa shape index (κ3) is 3.74. The Bertz CT molecular complexity index is 555. The highest BCUT2D eigenvalue weighted by Crippen LogP contribution is 2.19. The molecule has 0 aliphatic rings. The van der Waals surface area contributed by atoms with E-state index in [9.17, 15) is 5.11 Å². The molecular weight excluding hydrogens is 272 g/mol. The van der Waals surface area contributed by atoms with Gasteiger partial charge in [-0.2, -0.15) is 0 Å². The van der Waals surface area contributed by atoms with Crippen LogP contribution < -0.4 is 5.32 Å². The monoisotopic (exact) mass is 290 g/mol. The van der Waals surface area contributed by atoms with E-state index < -0.39 is 0 Å². The molecule has 5 heteroatoms. The second-order valence-electron chi connectivity index (χ2n) is 4.40. The van der Waals surface area contributed by atoms with E-state index in [1.54, 1.807) is 18.4 Å². The van der Waals surface area contributed by atoms with Crippen LogP contribution in [-0.4, -0.2) is 21.7 Å². The number of nitrogens with one attached hydrogen (secondary N) is 1. The molecule has 2 N–H and O–H groups in total. The normalized spacial score (nSPS) is 10.2. The highest BCUT2D eigenvalue weighted by Gasteiger charge is 2.13. The zero-order chi connectivity index (χ0) is 14.4. The predicted octanol–water partition coefficient (Wildman–Crippen LogP) is 2.88. The van der Waals surface area contributed by atoms with Gasteiger partial charge in [-0.3, -0.25) is 0 Å². The van der Waals surface area contributed by atoms with Gasteiger partial charge in [0.15, 0.2) is 5.11 Å². The lowest BCUT2D eigenvalue weighted by atomic mass is 10.2. The number of rotatable bonds is 5. The van der Waals surface area contributed by atoms with Crippen molar-refractivity contribution in [1.82, 2.24) is 10.2 Å². The van der Waals surface area contributed by atoms with Crippen LogP contribution in [0.5, 0.6) is 5.75 Å². The quantitative estimate of drug-likeness (QED) is 0.829. The summed E-state index contributed by atoms with van der Waals surface area (Å²) >= 11 is 5.38. The lowest BCUT2D eigenvalue weighted by Crippen LogP contribution is -2.38. The van der Waals surface area contributed by atoms with Crippen molar-refractivity contribution in [3.05, 3.63) is 54.0 Å². The number of phenols is 1. The van der Waals surface area contributed by atoms with E-state index in [0.717, 1.165) is 17.9 Å². The molecule has 0 aliphatic heterocycles. The second kappa shape index (κ2) is 6.96. The van der Waals surface area contributed by atoms with Crippen LogP contribution in [0.4, 0.5) is 0 Å². The maximum Gasteiger partial charge on any atom is 0.169 e. The number of hydrogen-bond acceptors (Lipinski definition) is 3. The number of furan rings is 1. The molecule has 106 valence electrons. The van der Waals surface area contributed by atoms with Gasteiger partial charge < -0.3 is 19.7 Å². The van der Waals surface area contributed by atoms with Crippen molar-refractivity contribution in [2.45, 2.75) is 20.0 Å². The van der Waals surface area contributed by atoms with Gasteiger partial charge in [0, 0.05) is 18.7 Å². The Kier molecular flexibility index (Phi) is 5.01. The molecule has 0 unspecified atom stereocenters. The fourth-order valence-electron chi connectivity index (χ4n) is 1.90. The van der Waals surface area contributed by atoms with Crippen molar-refractivity contribution in [1.29, 1.82) is 0 Å². The van der Waals surface area contributed by atoms with E-state index in [4.69, 9.17) is 16.6 Å². The summed E-state index contributed by atoms with van der Waals surface area (Å²) in [7, 11) is 0. The van der Waals surface area contributed by atoms with Crippen molar-refractivity contribution in [2.75, 3.05) is 6.54 Å². The highest BCUT2D eigenvalue weighted by atomic mass is 32.1. The van der Waals surface area contributed by atoms with Crippen molar-refractivity contribution in [3.8, 4) is 5.75 Å². The highest BCUT2D eigenvalue weighted by molar-refractivity contribution is 7.80. The zero-order valence-electron chi connectivity index (χ0n) is 11.4. The van der Waals surface area contributed by atoms with Gasteiger partial charge in [-0.05, 0) is 37.3 Å². The lowest BCUT2D eigenvalue weighted by molar-refractivity contribution is 0.345. The maximum absolute atomic E-state index is 9.88. The van der Waals surface area contributed by atoms with Gasteiger partial charge in [0.25, 0.3) is 0 Å². The average Bonchev–Trinajstić information content (AvgIpc) is 2.93. The standard InChI is InChI=1S/C15H18N2O2S/c1-2-16-15(20)17(11-13-7-5-9-19-13)10-12-6-3-4-8-14(12)18/h3-9,18H,2,10-11H2,1H3,(H,16,20). The van der Waals surface area contributed by atoms with Gasteiger partial charge in [0.05, 0.1) is 12.8 Å². The Morgan fingerprint density at radius 2 is 2.05 bits per heavy atom. The van der Waals surface area contributed by atoms with Crippen molar-refractivity contribution in [2.24, 2.45) is 0 Å². The SMILES string of the molecule is CCNC(=S)N(Cc1ccco1)Cc1ccccc1O. The number of phenolic OH excluding ortho intramolecular Hbond substituents is 1. The van der Waals surface area contributed by atoms with Crippen LogP contribution >= 0.6 is 12.2 Å². The fraction of sp³-hybridized carbons (Fsp3) is 0.267. The molecule has 0 aliphatic carbocycles. The lowest BCUT2D eigenvalue weighted by Gasteiger charge is -2.25. The van der Waals surface area contributed by atoms with Gasteiger partial charge in [-0.15, -0.1) is 0 Å². The Labute approximate surface area is 124 Å². The van der Waals surface area contributed by atoms with Gasteiger partial charge in [-0.1, -0.05) is 18.2 Å². The Balaban J connectivity index is 2.14. The molecule has 1 aromatic carbocycles. The third-order valence-electron chi connectivity index (χ3n) is 2.89. The van der Waals surface area contributed by atoms with Gasteiger partial charge in [-0.25, -0.2) is 0 Å². The Morgan fingerprint density at radius 1 is 1.25 bits per heavy atom. The number of para-hydroxylation sites is 1. The largest absolute Gasteiger partial charge is 0.508 e. The van der Waals surface area contributed by atoms with E-state index in [2.05, 4.69) is 5.32 Å². The van der Waals surface area contributed by atoms with E-state index in [-0.39, 0.29) is 5.75 Å². The summed E-state index contributed by atoms with van der Waals surface area (Å²) in [6, 6.07) is 11.0. The molecule has 0 radical (unpaired) electrons. The number of benzene rings is 1. The minimum Gasteiger partial charge on any atom is -0.508 e. The minimum absolute atomic E-state index is 0.274. The first kappa shape index (κ1) is 14.4. The second-order valence-corrected chi connectivity index (χ2v) is 4.79. The van der Waals surface area contributed by atoms with Gasteiger partial charge in [0.1, 0.15) is 11.5 Å². The van der Waals surface area contributed by atoms with Crippen LogP contribution in [0.3, 0.4) is 0 Å². The Morgan fingerprint density at radius 3 is 2.70 bits per heavy atom. The molecule has 0 spiro atoms. The van der Waals surface area contributed by atoms with Crippen LogP contribution in [0.15, 0.2) is 47.1 Å². The van der Waals surface area contributed by atoms with Gasteiger partial charge in [0.2, 0.25) is 0 Å². The summed E-state index contributed by atoms with van der Waals surface area (Å²) in [6.07, 6.45) is 1.64. The topological polar surface area (TPSA) is 48.6 Å². The first-order chi connectivity index (χ1) is 9.70. The summed E-state index contributed by atoms with van der Waals surface area (Å²) in [5, 5.41) is 13.7. The average molecular weight is 290 g/mol. The molecular formula is C15H18N2O2S. The summed E-state index contributed by atoms with van der Waals surface area (Å²) in [5.74, 6) is 1.11. The van der Waals surface area contributed by atoms with Crippen LogP contribution in [0.2, 0.25) is 0 Å². The van der Waals surface area contributed by atoms with Crippen LogP contribution in [0.25, 0.3) is 0 Å². The smallest absolute Gasteiger partial charge is 0.169 e. The summed E-state index contributed by atoms with van der Waals surface area (Å²) in [4.78, 5) is 1.96. The number of hydrogen-bond donors (Lipinski definition) is 2. The van der Waals surface area contributed by atoms with Gasteiger partial charge >= 0.3 is 0 Å². The first-order valence-corrected chi connectivity index (χ1v) is 6.93. The molecule has 4 nitrogen and oxygen atoms in total. The first-order valence-electron chi connectivity index (χ1n) is 6.52. The number of nitrogens with zero attached hydrogens (tertiary/aromatic N) is 1. The van der Waals surface area contributed by atoms with Crippen LogP contribution in [-0.2, 0) is 13.1 Å². The van der Waals surface area contributed by atoms with E-state index in [0.29, 0.717) is 18.2 Å². The van der Waals surface area contributed by atoms with E-state index >= 15 is 0 Å². The van der Waals surface area contributed by atoms with E-state index in [1.807, 2.05) is 36.1 Å². The molecule has 2 aromatic rings. The molecule has 0 atom stereocenters. The van der Waals surface area contributed by atoms with Crippen LogP contribution in [0.1, 0.15) is 18.2 Å². The number of aromatic hydroxyl groups is 1. The maximum atomic E-state index is 9.88. The summed E-state index contributed by atoms with van der Waals surface area (Å²) in [5.41, 5.74) is 0.833. The molecule has 1 aromatic heterocycles. The molecule has 0 saturated carbocycles. The zero-order valence-corrected chi connectivity index (χ0v) is 12.2. The van der Waals surface area contributed by atoms with Crippen molar-refractivity contribution in [3.63, 3.8) is 0 Å². The third-order valence-corrected chi connectivity index (χ3v) is 3.30. The van der Waals surface area contributed by atoms with Crippen LogP contribution in [0, 0.1) is 0 Å². The molecule has 0 amide bonds. The minimum atomic E-state index is 0.274. The fourth-order valence-corrected chi connectivity index (χ4v) is 2.18. The molecule has 20 heavy (non-hydrogen) atoms. The summed E-state index contributed by atoms with van der Waals surface area (Å²) < 4.78 is 5.37. The predicted molar refractivity (Wildman–Crippen MR) is 82.3 cm³/mol. The molecule has 2 rings (SSSR count).